The lowest BCUT2D eigenvalue weighted by molar-refractivity contribution is -0.132. The Morgan fingerprint density at radius 3 is 1.57 bits per heavy atom. The Morgan fingerprint density at radius 2 is 1.15 bits per heavy atom. The molecule has 2 fully saturated rings. The van der Waals surface area contributed by atoms with E-state index in [1.807, 2.05) is 17.3 Å². The smallest absolute Gasteiger partial charge is 0.407 e. The van der Waals surface area contributed by atoms with E-state index in [2.05, 4.69) is 148 Å². The molecule has 14 nitrogen and oxygen atoms in total. The highest BCUT2D eigenvalue weighted by molar-refractivity contribution is 5.83. The normalized spacial score (nSPS) is 18.5. The number of methoxy groups -OCH3 is 2. The van der Waals surface area contributed by atoms with E-state index in [-0.39, 0.29) is 25.0 Å². The number of H-pyrrole nitrogens is 2. The number of hydrogen-bond acceptors (Lipinski definition) is 9. The number of carbonyl (C=O) groups excluding carboxylic acids is 4. The van der Waals surface area contributed by atoms with Crippen LogP contribution in [0.3, 0.4) is 0 Å². The first kappa shape index (κ1) is 52.6. The van der Waals surface area contributed by atoms with Crippen LogP contribution in [-0.4, -0.2) is 109 Å². The quantitative estimate of drug-likeness (QED) is 0.0742. The highest BCUT2D eigenvalue weighted by atomic mass is 16.5. The van der Waals surface area contributed by atoms with Gasteiger partial charge in [0.15, 0.2) is 0 Å². The molecule has 5 aliphatic rings. The fourth-order valence-corrected chi connectivity index (χ4v) is 9.24. The highest BCUT2D eigenvalue weighted by Crippen LogP contribution is 2.52. The zero-order valence-electron chi connectivity index (χ0n) is 41.3. The van der Waals surface area contributed by atoms with E-state index < -0.39 is 6.09 Å². The Morgan fingerprint density at radius 1 is 0.691 bits per heavy atom. The first-order valence-electron chi connectivity index (χ1n) is 24.1. The fraction of sp³-hybridized carbons (Fsp3) is 0.444. The van der Waals surface area contributed by atoms with Crippen molar-refractivity contribution in [3.8, 4) is 44.8 Å². The Labute approximate surface area is 402 Å². The summed E-state index contributed by atoms with van der Waals surface area (Å²) < 4.78 is 8.39. The third-order valence-electron chi connectivity index (χ3n) is 12.2. The molecule has 2 aliphatic heterocycles. The molecule has 3 amide bonds. The van der Waals surface area contributed by atoms with E-state index >= 15 is 0 Å². The van der Waals surface area contributed by atoms with Crippen LogP contribution in [0.4, 0.5) is 4.79 Å². The van der Waals surface area contributed by atoms with Crippen molar-refractivity contribution < 1.29 is 28.7 Å². The lowest BCUT2D eigenvalue weighted by atomic mass is 9.67. The van der Waals surface area contributed by atoms with Gasteiger partial charge in [-0.3, -0.25) is 14.5 Å². The number of aromatic amines is 2. The van der Waals surface area contributed by atoms with Crippen LogP contribution in [0.2, 0.25) is 0 Å². The minimum absolute atomic E-state index is 0.00662. The molecule has 0 saturated carbocycles. The van der Waals surface area contributed by atoms with Gasteiger partial charge in [-0.05, 0) is 96.6 Å². The van der Waals surface area contributed by atoms with Crippen LogP contribution in [0.25, 0.3) is 44.8 Å². The topological polar surface area (TPSA) is 175 Å². The molecule has 4 atom stereocenters. The van der Waals surface area contributed by atoms with Crippen molar-refractivity contribution in [1.82, 2.24) is 40.4 Å². The second-order valence-electron chi connectivity index (χ2n) is 17.4. The lowest BCUT2D eigenvalue weighted by Crippen LogP contribution is -2.37. The summed E-state index contributed by atoms with van der Waals surface area (Å²) in [6.07, 6.45) is 18.3. The molecule has 3 aliphatic carbocycles. The van der Waals surface area contributed by atoms with Crippen molar-refractivity contribution >= 4 is 24.7 Å². The third kappa shape index (κ3) is 13.2. The van der Waals surface area contributed by atoms with Gasteiger partial charge in [0.25, 0.3) is 0 Å². The van der Waals surface area contributed by atoms with E-state index in [4.69, 9.17) is 4.98 Å². The fourth-order valence-electron chi connectivity index (χ4n) is 9.24. The summed E-state index contributed by atoms with van der Waals surface area (Å²) in [7, 11) is 6.67. The van der Waals surface area contributed by atoms with Crippen LogP contribution >= 0.6 is 0 Å². The van der Waals surface area contributed by atoms with Crippen LogP contribution in [0.5, 0.6) is 0 Å². The zero-order chi connectivity index (χ0) is 49.0. The van der Waals surface area contributed by atoms with E-state index in [0.717, 1.165) is 60.0 Å². The van der Waals surface area contributed by atoms with Crippen molar-refractivity contribution in [2.75, 3.05) is 54.6 Å². The summed E-state index contributed by atoms with van der Waals surface area (Å²) in [4.78, 5) is 63.7. The van der Waals surface area contributed by atoms with Gasteiger partial charge in [-0.1, -0.05) is 113 Å². The number of nitrogens with zero attached hydrogens (tertiary/aromatic N) is 4. The standard InChI is InChI=1S/C42H43N7O2.C4H7NO3.2C3H8.C2H6O/c1-48-20-2-4-36(48)41-44-22-34(46-41)28-10-6-26(7-11-28)32-18-19-33(40-31-16-14-30(15-17-31)39(32)40)27-8-12-29(13-9-27)35-23-45-42(47-35)37-5-3-21-49(37)38(51)24-43-25-50;1-8-4(7)5-2-3-6;3*1-3-2/h6-14,16,18-19,22-23,25,30-31,36-37H,2-5,15,17,20-21,24H2,1H3,(H,43,50)(H,44,46)(H,45,47);3H,2H2,1H3,(H,5,7);2*3H2,1-2H3;1-2H3/t30?,31?,36-,37-;;;;/m0..../s1. The number of aldehydes is 1. The Hall–Kier alpha value is -6.38. The molecule has 364 valence electrons. The summed E-state index contributed by atoms with van der Waals surface area (Å²) >= 11 is 0. The van der Waals surface area contributed by atoms with Crippen LogP contribution < -0.4 is 10.6 Å². The van der Waals surface area contributed by atoms with E-state index in [1.165, 1.54) is 72.6 Å². The number of aromatic nitrogens is 4. The highest BCUT2D eigenvalue weighted by Gasteiger charge is 2.34. The molecule has 14 heteroatoms. The molecule has 10 rings (SSSR count). The summed E-state index contributed by atoms with van der Waals surface area (Å²) in [5.74, 6) is 2.62. The third-order valence-corrected chi connectivity index (χ3v) is 12.2. The maximum Gasteiger partial charge on any atom is 0.407 e. The molecule has 68 heavy (non-hydrogen) atoms. The van der Waals surface area contributed by atoms with E-state index in [0.29, 0.717) is 37.1 Å². The van der Waals surface area contributed by atoms with Gasteiger partial charge in [0.2, 0.25) is 12.3 Å². The molecule has 4 heterocycles. The predicted octanol–water partition coefficient (Wildman–Crippen LogP) is 10.1. The first-order chi connectivity index (χ1) is 33.1. The summed E-state index contributed by atoms with van der Waals surface area (Å²) in [5.41, 5.74) is 12.3. The second-order valence-corrected chi connectivity index (χ2v) is 17.4. The monoisotopic (exact) mass is 929 g/mol. The average Bonchev–Trinajstić information content (AvgIpc) is 4.22. The van der Waals surface area contributed by atoms with Gasteiger partial charge in [-0.2, -0.15) is 0 Å². The van der Waals surface area contributed by atoms with Crippen molar-refractivity contribution in [2.45, 2.75) is 103 Å². The number of rotatable bonds is 11. The molecule has 4 N–H and O–H groups in total. The number of amides is 3. The minimum Gasteiger partial charge on any atom is -0.453 e. The van der Waals surface area contributed by atoms with Crippen molar-refractivity contribution in [2.24, 2.45) is 0 Å². The van der Waals surface area contributed by atoms with Gasteiger partial charge in [-0.25, -0.2) is 14.8 Å². The van der Waals surface area contributed by atoms with Crippen LogP contribution in [0.15, 0.2) is 85.2 Å². The van der Waals surface area contributed by atoms with E-state index in [1.54, 1.807) is 14.2 Å². The molecule has 0 spiro atoms. The zero-order valence-corrected chi connectivity index (χ0v) is 41.3. The maximum absolute atomic E-state index is 12.7. The van der Waals surface area contributed by atoms with Gasteiger partial charge >= 0.3 is 6.09 Å². The predicted molar refractivity (Wildman–Crippen MR) is 270 cm³/mol. The number of carbonyl (C=O) groups is 4. The number of ether oxygens (including phenoxy) is 2. The largest absolute Gasteiger partial charge is 0.453 e. The maximum atomic E-state index is 12.7. The number of fused-ring (bicyclic) bond motifs is 1. The summed E-state index contributed by atoms with van der Waals surface area (Å²) in [6.45, 7) is 10.3. The lowest BCUT2D eigenvalue weighted by Gasteiger charge is -2.37. The van der Waals surface area contributed by atoms with Crippen molar-refractivity contribution in [1.29, 1.82) is 0 Å². The molecule has 2 aromatic heterocycles. The molecule has 5 aromatic rings. The Balaban J connectivity index is 0.000000442. The molecule has 2 unspecified atom stereocenters. The molecular weight excluding hydrogens is 857 g/mol. The Bertz CT molecular complexity index is 2390. The number of benzene rings is 3. The number of hydrogen-bond donors (Lipinski definition) is 4. The number of imidazole rings is 2. The van der Waals surface area contributed by atoms with Crippen molar-refractivity contribution in [3.63, 3.8) is 0 Å². The second kappa shape index (κ2) is 26.8. The number of likely N-dealkylation sites (tertiary alicyclic amines) is 2. The first-order valence-corrected chi connectivity index (χ1v) is 24.1. The van der Waals surface area contributed by atoms with Gasteiger partial charge in [0.1, 0.15) is 17.9 Å². The Kier molecular flexibility index (Phi) is 20.7. The van der Waals surface area contributed by atoms with Crippen LogP contribution in [-0.2, 0) is 23.9 Å². The van der Waals surface area contributed by atoms with Gasteiger partial charge in [-0.15, -0.1) is 0 Å². The van der Waals surface area contributed by atoms with E-state index in [9.17, 15) is 19.2 Å². The molecule has 0 radical (unpaired) electrons. The van der Waals surface area contributed by atoms with Gasteiger partial charge in [0, 0.05) is 32.6 Å². The number of allylic oxidation sites excluding steroid dienone is 2. The summed E-state index contributed by atoms with van der Waals surface area (Å²) in [6, 6.07) is 22.7. The summed E-state index contributed by atoms with van der Waals surface area (Å²) in [5, 5.41) is 4.64. The molecular formula is C54H72N8O6. The van der Waals surface area contributed by atoms with Crippen molar-refractivity contribution in [3.05, 3.63) is 108 Å². The number of alkyl carbamates (subject to hydrolysis) is 1. The molecule has 3 aromatic carbocycles. The van der Waals surface area contributed by atoms with Gasteiger partial charge in [0.05, 0.1) is 56.1 Å². The molecule has 2 saturated heterocycles. The average molecular weight is 929 g/mol. The van der Waals surface area contributed by atoms with Gasteiger partial charge < -0.3 is 39.8 Å². The minimum atomic E-state index is -0.586. The van der Waals surface area contributed by atoms with Crippen LogP contribution in [0.1, 0.15) is 126 Å². The number of nitrogens with one attached hydrogen (secondary N) is 4. The van der Waals surface area contributed by atoms with Crippen LogP contribution in [0, 0.1) is 0 Å². The molecule has 2 bridgehead atoms. The SMILES string of the molecule is CCC.CCC.CN1CCC[C@H]1c1ncc(-c2ccc(-c3ccc(-c4ccc(-c5cnc([C@@H]6CCCN6C(=O)CNC=O)[nH]5)cc4)c4c3C3C=CC4CC3)cc2)[nH]1.COC.COC(=O)NCC=O.